The van der Waals surface area contributed by atoms with Gasteiger partial charge in [-0.2, -0.15) is 4.31 Å². The lowest BCUT2D eigenvalue weighted by molar-refractivity contribution is -0.134. The third kappa shape index (κ3) is 3.72. The molecule has 2 saturated heterocycles. The molecule has 2 fully saturated rings. The predicted octanol–water partition coefficient (Wildman–Crippen LogP) is -0.141. The van der Waals surface area contributed by atoms with Crippen molar-refractivity contribution in [3.8, 4) is 0 Å². The first kappa shape index (κ1) is 18.3. The van der Waals surface area contributed by atoms with E-state index >= 15 is 0 Å². The molecule has 0 aromatic heterocycles. The second-order valence-electron chi connectivity index (χ2n) is 6.85. The van der Waals surface area contributed by atoms with Crippen molar-refractivity contribution in [3.05, 3.63) is 29.3 Å². The molecule has 7 nitrogen and oxygen atoms in total. The van der Waals surface area contributed by atoms with Crippen molar-refractivity contribution in [2.75, 3.05) is 32.7 Å². The zero-order valence-corrected chi connectivity index (χ0v) is 15.4. The van der Waals surface area contributed by atoms with Gasteiger partial charge in [0, 0.05) is 32.7 Å². The number of aliphatic hydroxyl groups excluding tert-OH is 1. The highest BCUT2D eigenvalue weighted by Gasteiger charge is 2.35. The number of nitrogens with one attached hydrogen (secondary N) is 1. The Morgan fingerprint density at radius 2 is 1.88 bits per heavy atom. The van der Waals surface area contributed by atoms with Crippen LogP contribution in [0.25, 0.3) is 0 Å². The molecule has 0 radical (unpaired) electrons. The zero-order valence-electron chi connectivity index (χ0n) is 14.6. The number of sulfonamides is 1. The van der Waals surface area contributed by atoms with Gasteiger partial charge < -0.3 is 15.3 Å². The van der Waals surface area contributed by atoms with E-state index in [1.165, 1.54) is 4.31 Å². The Labute approximate surface area is 148 Å². The molecule has 2 aliphatic rings. The summed E-state index contributed by atoms with van der Waals surface area (Å²) >= 11 is 0. The molecular weight excluding hydrogens is 342 g/mol. The summed E-state index contributed by atoms with van der Waals surface area (Å²) in [6, 6.07) is 5.05. The number of carbonyl (C=O) groups is 1. The van der Waals surface area contributed by atoms with Crippen LogP contribution in [-0.2, 0) is 14.8 Å². The standard InChI is InChI=1S/C17H25N3O4S/c1-12-3-4-13(2)16(9-12)25(23,24)20-7-5-19(6-8-20)17(22)15-10-14(21)11-18-15/h3-4,9,14-15,18,21H,5-8,10-11H2,1-2H3. The van der Waals surface area contributed by atoms with Crippen LogP contribution in [0.5, 0.6) is 0 Å². The van der Waals surface area contributed by atoms with E-state index in [1.807, 2.05) is 19.1 Å². The number of rotatable bonds is 3. The molecule has 138 valence electrons. The van der Waals surface area contributed by atoms with Crippen molar-refractivity contribution < 1.29 is 18.3 Å². The number of benzene rings is 1. The molecule has 2 unspecified atom stereocenters. The van der Waals surface area contributed by atoms with Crippen LogP contribution in [0, 0.1) is 13.8 Å². The van der Waals surface area contributed by atoms with Gasteiger partial charge in [-0.1, -0.05) is 12.1 Å². The van der Waals surface area contributed by atoms with Gasteiger partial charge in [0.05, 0.1) is 17.0 Å². The minimum atomic E-state index is -3.55. The lowest BCUT2D eigenvalue weighted by Gasteiger charge is -2.35. The second kappa shape index (κ2) is 7.03. The summed E-state index contributed by atoms with van der Waals surface area (Å²) < 4.78 is 27.3. The van der Waals surface area contributed by atoms with Crippen LogP contribution in [0.3, 0.4) is 0 Å². The van der Waals surface area contributed by atoms with Crippen molar-refractivity contribution in [2.45, 2.75) is 37.3 Å². The third-order valence-electron chi connectivity index (χ3n) is 4.92. The number of hydrogen-bond acceptors (Lipinski definition) is 5. The zero-order chi connectivity index (χ0) is 18.2. The average Bonchev–Trinajstić information content (AvgIpc) is 3.03. The summed E-state index contributed by atoms with van der Waals surface area (Å²) in [7, 11) is -3.55. The highest BCUT2D eigenvalue weighted by molar-refractivity contribution is 7.89. The number of carbonyl (C=O) groups excluding carboxylic acids is 1. The highest BCUT2D eigenvalue weighted by Crippen LogP contribution is 2.23. The minimum Gasteiger partial charge on any atom is -0.392 e. The molecule has 0 aliphatic carbocycles. The van der Waals surface area contributed by atoms with Crippen LogP contribution in [0.15, 0.2) is 23.1 Å². The number of amides is 1. The molecule has 25 heavy (non-hydrogen) atoms. The van der Waals surface area contributed by atoms with Gasteiger partial charge in [-0.15, -0.1) is 0 Å². The van der Waals surface area contributed by atoms with Crippen LogP contribution in [0.2, 0.25) is 0 Å². The van der Waals surface area contributed by atoms with Crippen molar-refractivity contribution in [3.63, 3.8) is 0 Å². The Kier molecular flexibility index (Phi) is 5.15. The summed E-state index contributed by atoms with van der Waals surface area (Å²) in [5.41, 5.74) is 1.64. The summed E-state index contributed by atoms with van der Waals surface area (Å²) in [6.07, 6.45) is -0.0697. The molecule has 1 amide bonds. The van der Waals surface area contributed by atoms with E-state index in [2.05, 4.69) is 5.32 Å². The van der Waals surface area contributed by atoms with Gasteiger partial charge in [0.2, 0.25) is 15.9 Å². The highest BCUT2D eigenvalue weighted by atomic mass is 32.2. The lowest BCUT2D eigenvalue weighted by atomic mass is 10.1. The Morgan fingerprint density at radius 3 is 2.48 bits per heavy atom. The fourth-order valence-corrected chi connectivity index (χ4v) is 5.13. The van der Waals surface area contributed by atoms with Gasteiger partial charge in [0.1, 0.15) is 0 Å². The Bertz CT molecular complexity index is 757. The van der Waals surface area contributed by atoms with Gasteiger partial charge >= 0.3 is 0 Å². The summed E-state index contributed by atoms with van der Waals surface area (Å²) in [5, 5.41) is 12.6. The first-order valence-corrected chi connectivity index (χ1v) is 10.0. The van der Waals surface area contributed by atoms with E-state index in [9.17, 15) is 18.3 Å². The molecule has 0 spiro atoms. The van der Waals surface area contributed by atoms with Crippen molar-refractivity contribution in [1.82, 2.24) is 14.5 Å². The molecule has 2 atom stereocenters. The van der Waals surface area contributed by atoms with Crippen molar-refractivity contribution >= 4 is 15.9 Å². The predicted molar refractivity (Wildman–Crippen MR) is 93.7 cm³/mol. The van der Waals surface area contributed by atoms with Crippen LogP contribution < -0.4 is 5.32 Å². The van der Waals surface area contributed by atoms with E-state index in [-0.39, 0.29) is 25.0 Å². The Hall–Kier alpha value is -1.48. The van der Waals surface area contributed by atoms with Crippen molar-refractivity contribution in [2.24, 2.45) is 0 Å². The molecule has 0 bridgehead atoms. The molecule has 8 heteroatoms. The molecular formula is C17H25N3O4S. The summed E-state index contributed by atoms with van der Waals surface area (Å²) in [4.78, 5) is 14.5. The van der Waals surface area contributed by atoms with E-state index in [0.29, 0.717) is 31.0 Å². The number of piperazine rings is 1. The largest absolute Gasteiger partial charge is 0.392 e. The van der Waals surface area contributed by atoms with Gasteiger partial charge in [-0.25, -0.2) is 8.42 Å². The number of hydrogen-bond donors (Lipinski definition) is 2. The minimum absolute atomic E-state index is 0.0552. The van der Waals surface area contributed by atoms with Gasteiger partial charge in [0.25, 0.3) is 0 Å². The van der Waals surface area contributed by atoms with Gasteiger partial charge in [-0.3, -0.25) is 4.79 Å². The molecule has 1 aromatic rings. The first-order chi connectivity index (χ1) is 11.8. The summed E-state index contributed by atoms with van der Waals surface area (Å²) in [5.74, 6) is -0.0552. The lowest BCUT2D eigenvalue weighted by Crippen LogP contribution is -2.54. The molecule has 2 N–H and O–H groups in total. The van der Waals surface area contributed by atoms with Gasteiger partial charge in [0.15, 0.2) is 0 Å². The van der Waals surface area contributed by atoms with E-state index in [4.69, 9.17) is 0 Å². The normalized spacial score (nSPS) is 25.3. The van der Waals surface area contributed by atoms with E-state index < -0.39 is 16.1 Å². The number of aryl methyl sites for hydroxylation is 2. The smallest absolute Gasteiger partial charge is 0.243 e. The monoisotopic (exact) mass is 367 g/mol. The molecule has 2 heterocycles. The molecule has 1 aromatic carbocycles. The SMILES string of the molecule is Cc1ccc(C)c(S(=O)(=O)N2CCN(C(=O)C3CC(O)CN3)CC2)c1. The first-order valence-electron chi connectivity index (χ1n) is 8.56. The third-order valence-corrected chi connectivity index (χ3v) is 6.96. The molecule has 2 aliphatic heterocycles. The van der Waals surface area contributed by atoms with Crippen LogP contribution in [0.1, 0.15) is 17.5 Å². The Morgan fingerprint density at radius 1 is 1.20 bits per heavy atom. The second-order valence-corrected chi connectivity index (χ2v) is 8.76. The average molecular weight is 367 g/mol. The quantitative estimate of drug-likeness (QED) is 0.776. The number of β-amino-alcohol motifs (C(OH)–C–C–N with tert-alkyl or cyclic N) is 1. The van der Waals surface area contributed by atoms with Crippen LogP contribution in [0.4, 0.5) is 0 Å². The summed E-state index contributed by atoms with van der Waals surface area (Å²) in [6.45, 7) is 5.42. The van der Waals surface area contributed by atoms with Crippen LogP contribution in [-0.4, -0.2) is 73.5 Å². The number of aliphatic hydroxyl groups is 1. The maximum absolute atomic E-state index is 12.9. The fraction of sp³-hybridized carbons (Fsp3) is 0.588. The fourth-order valence-electron chi connectivity index (χ4n) is 3.40. The maximum Gasteiger partial charge on any atom is 0.243 e. The topological polar surface area (TPSA) is 90.0 Å². The molecule has 3 rings (SSSR count). The van der Waals surface area contributed by atoms with Crippen molar-refractivity contribution in [1.29, 1.82) is 0 Å². The van der Waals surface area contributed by atoms with Crippen LogP contribution >= 0.6 is 0 Å². The Balaban J connectivity index is 1.67. The number of nitrogens with zero attached hydrogens (tertiary/aromatic N) is 2. The van der Waals surface area contributed by atoms with E-state index in [0.717, 1.165) is 11.1 Å². The molecule has 0 saturated carbocycles. The van der Waals surface area contributed by atoms with E-state index in [1.54, 1.807) is 17.9 Å². The maximum atomic E-state index is 12.9. The van der Waals surface area contributed by atoms with Gasteiger partial charge in [-0.05, 0) is 37.5 Å².